The van der Waals surface area contributed by atoms with E-state index in [0.29, 0.717) is 26.5 Å². The quantitative estimate of drug-likeness (QED) is 0.742. The number of primary amides is 1. The zero-order chi connectivity index (χ0) is 18.0. The van der Waals surface area contributed by atoms with Gasteiger partial charge in [-0.3, -0.25) is 14.5 Å². The topological polar surface area (TPSA) is 118 Å². The second kappa shape index (κ2) is 7.10. The lowest BCUT2D eigenvalue weighted by molar-refractivity contribution is -0.119. The Balaban J connectivity index is 2.45. The maximum atomic E-state index is 12.4. The molecule has 130 valence electrons. The second-order valence-electron chi connectivity index (χ2n) is 5.71. The van der Waals surface area contributed by atoms with Gasteiger partial charge in [0.15, 0.2) is 0 Å². The van der Waals surface area contributed by atoms with Gasteiger partial charge in [0, 0.05) is 6.04 Å². The monoisotopic (exact) mass is 352 g/mol. The Kier molecular flexibility index (Phi) is 5.35. The summed E-state index contributed by atoms with van der Waals surface area (Å²) in [6.45, 7) is 5.87. The number of thiophene rings is 1. The maximum absolute atomic E-state index is 12.4. The first kappa shape index (κ1) is 18.1. The molecule has 0 aromatic carbocycles. The normalized spacial score (nSPS) is 11.4. The van der Waals surface area contributed by atoms with Crippen LogP contribution in [-0.4, -0.2) is 46.4 Å². The lowest BCUT2D eigenvalue weighted by atomic mass is 10.2. The average Bonchev–Trinajstić information content (AvgIpc) is 2.82. The molecule has 0 saturated heterocycles. The van der Waals surface area contributed by atoms with Crippen molar-refractivity contribution in [3.63, 3.8) is 0 Å². The molecule has 2 aromatic heterocycles. The van der Waals surface area contributed by atoms with Crippen LogP contribution < -0.4 is 11.3 Å². The SMILES string of the molecule is COC(=O)c1sc2nc(CN(CC(N)=O)C(C)C)[nH]c(=O)c2c1C. The van der Waals surface area contributed by atoms with Crippen LogP contribution in [0.5, 0.6) is 0 Å². The fourth-order valence-electron chi connectivity index (χ4n) is 2.36. The maximum Gasteiger partial charge on any atom is 0.348 e. The van der Waals surface area contributed by atoms with E-state index in [0.717, 1.165) is 11.3 Å². The molecule has 0 fully saturated rings. The Hall–Kier alpha value is -2.26. The number of nitrogens with two attached hydrogens (primary N) is 1. The zero-order valence-corrected chi connectivity index (χ0v) is 14.8. The highest BCUT2D eigenvalue weighted by Gasteiger charge is 2.21. The molecule has 2 rings (SSSR count). The number of nitrogens with zero attached hydrogens (tertiary/aromatic N) is 2. The van der Waals surface area contributed by atoms with Crippen molar-refractivity contribution in [1.29, 1.82) is 0 Å². The van der Waals surface area contributed by atoms with Gasteiger partial charge >= 0.3 is 5.97 Å². The third kappa shape index (κ3) is 3.62. The van der Waals surface area contributed by atoms with Crippen LogP contribution in [-0.2, 0) is 16.1 Å². The number of amides is 1. The Bertz CT molecular complexity index is 840. The molecule has 0 radical (unpaired) electrons. The van der Waals surface area contributed by atoms with Crippen LogP contribution in [0.15, 0.2) is 4.79 Å². The number of aromatic nitrogens is 2. The smallest absolute Gasteiger partial charge is 0.348 e. The largest absolute Gasteiger partial charge is 0.465 e. The molecular formula is C15H20N4O4S. The Morgan fingerprint density at radius 2 is 2.08 bits per heavy atom. The summed E-state index contributed by atoms with van der Waals surface area (Å²) in [5, 5.41) is 0.384. The van der Waals surface area contributed by atoms with Gasteiger partial charge in [-0.05, 0) is 26.3 Å². The van der Waals surface area contributed by atoms with Gasteiger partial charge in [0.1, 0.15) is 15.5 Å². The highest BCUT2D eigenvalue weighted by atomic mass is 32.1. The van der Waals surface area contributed by atoms with Gasteiger partial charge in [-0.2, -0.15) is 0 Å². The van der Waals surface area contributed by atoms with E-state index in [1.165, 1.54) is 7.11 Å². The first-order valence-electron chi connectivity index (χ1n) is 7.37. The minimum Gasteiger partial charge on any atom is -0.465 e. The molecule has 1 amide bonds. The van der Waals surface area contributed by atoms with Gasteiger partial charge in [-0.1, -0.05) is 0 Å². The third-order valence-electron chi connectivity index (χ3n) is 3.66. The van der Waals surface area contributed by atoms with Crippen molar-refractivity contribution in [3.8, 4) is 0 Å². The van der Waals surface area contributed by atoms with Crippen molar-refractivity contribution < 1.29 is 14.3 Å². The van der Waals surface area contributed by atoms with E-state index in [-0.39, 0.29) is 24.7 Å². The molecule has 0 spiro atoms. The minimum absolute atomic E-state index is 0.0502. The number of carbonyl (C=O) groups excluding carboxylic acids is 2. The number of hydrogen-bond donors (Lipinski definition) is 2. The van der Waals surface area contributed by atoms with E-state index in [1.54, 1.807) is 11.8 Å². The van der Waals surface area contributed by atoms with Crippen molar-refractivity contribution in [1.82, 2.24) is 14.9 Å². The van der Waals surface area contributed by atoms with E-state index in [1.807, 2.05) is 13.8 Å². The number of aryl methyl sites for hydroxylation is 1. The van der Waals surface area contributed by atoms with Gasteiger partial charge in [0.05, 0.1) is 25.6 Å². The fraction of sp³-hybridized carbons (Fsp3) is 0.467. The highest BCUT2D eigenvalue weighted by molar-refractivity contribution is 7.20. The number of carbonyl (C=O) groups is 2. The van der Waals surface area contributed by atoms with E-state index < -0.39 is 11.9 Å². The fourth-order valence-corrected chi connectivity index (χ4v) is 3.48. The van der Waals surface area contributed by atoms with E-state index in [4.69, 9.17) is 10.5 Å². The van der Waals surface area contributed by atoms with E-state index in [2.05, 4.69) is 9.97 Å². The lowest BCUT2D eigenvalue weighted by Crippen LogP contribution is -2.38. The van der Waals surface area contributed by atoms with Gasteiger partial charge in [-0.15, -0.1) is 11.3 Å². The van der Waals surface area contributed by atoms with Crippen LogP contribution in [0.25, 0.3) is 10.2 Å². The number of fused-ring (bicyclic) bond motifs is 1. The summed E-state index contributed by atoms with van der Waals surface area (Å²) in [4.78, 5) is 45.1. The molecule has 24 heavy (non-hydrogen) atoms. The van der Waals surface area contributed by atoms with Crippen molar-refractivity contribution in [2.45, 2.75) is 33.4 Å². The van der Waals surface area contributed by atoms with Crippen LogP contribution in [0.1, 0.15) is 34.9 Å². The summed E-state index contributed by atoms with van der Waals surface area (Å²) in [5.41, 5.74) is 5.49. The Morgan fingerprint density at radius 3 is 2.62 bits per heavy atom. The molecule has 2 heterocycles. The number of hydrogen-bond acceptors (Lipinski definition) is 7. The molecule has 0 aliphatic carbocycles. The molecule has 0 unspecified atom stereocenters. The van der Waals surface area contributed by atoms with Crippen molar-refractivity contribution in [3.05, 3.63) is 26.6 Å². The van der Waals surface area contributed by atoms with Crippen molar-refractivity contribution in [2.24, 2.45) is 5.73 Å². The molecule has 3 N–H and O–H groups in total. The van der Waals surface area contributed by atoms with E-state index >= 15 is 0 Å². The summed E-state index contributed by atoms with van der Waals surface area (Å²) >= 11 is 1.12. The zero-order valence-electron chi connectivity index (χ0n) is 14.0. The molecule has 8 nitrogen and oxygen atoms in total. The number of ether oxygens (including phenoxy) is 1. The molecular weight excluding hydrogens is 332 g/mol. The molecule has 0 aliphatic rings. The number of nitrogens with one attached hydrogen (secondary N) is 1. The second-order valence-corrected chi connectivity index (χ2v) is 6.70. The molecule has 0 atom stereocenters. The van der Waals surface area contributed by atoms with E-state index in [9.17, 15) is 14.4 Å². The van der Waals surface area contributed by atoms with Crippen LogP contribution in [0.4, 0.5) is 0 Å². The predicted molar refractivity (Wildman–Crippen MR) is 91.1 cm³/mol. The number of aromatic amines is 1. The summed E-state index contributed by atoms with van der Waals surface area (Å²) in [6.07, 6.45) is 0. The minimum atomic E-state index is -0.492. The van der Waals surface area contributed by atoms with Crippen LogP contribution in [0, 0.1) is 6.92 Å². The third-order valence-corrected chi connectivity index (χ3v) is 4.83. The molecule has 0 aliphatic heterocycles. The van der Waals surface area contributed by atoms with Gasteiger partial charge in [0.2, 0.25) is 5.91 Å². The van der Waals surface area contributed by atoms with Gasteiger partial charge in [-0.25, -0.2) is 9.78 Å². The Morgan fingerprint density at radius 1 is 1.42 bits per heavy atom. The first-order valence-corrected chi connectivity index (χ1v) is 8.19. The molecule has 9 heteroatoms. The summed E-state index contributed by atoms with van der Waals surface area (Å²) in [6, 6.07) is 0.0502. The molecule has 0 saturated carbocycles. The first-order chi connectivity index (χ1) is 11.2. The number of esters is 1. The van der Waals surface area contributed by atoms with Gasteiger partial charge < -0.3 is 15.5 Å². The molecule has 0 bridgehead atoms. The molecule has 2 aromatic rings. The van der Waals surface area contributed by atoms with Gasteiger partial charge in [0.25, 0.3) is 5.56 Å². The summed E-state index contributed by atoms with van der Waals surface area (Å²) in [7, 11) is 1.29. The summed E-state index contributed by atoms with van der Waals surface area (Å²) in [5.74, 6) is -0.527. The number of H-pyrrole nitrogens is 1. The van der Waals surface area contributed by atoms with Crippen LogP contribution in [0.3, 0.4) is 0 Å². The Labute approximate surface area is 142 Å². The van der Waals surface area contributed by atoms with Crippen molar-refractivity contribution in [2.75, 3.05) is 13.7 Å². The summed E-state index contributed by atoms with van der Waals surface area (Å²) < 4.78 is 4.73. The van der Waals surface area contributed by atoms with Crippen LogP contribution >= 0.6 is 11.3 Å². The van der Waals surface area contributed by atoms with Crippen molar-refractivity contribution >= 4 is 33.4 Å². The number of rotatable bonds is 6. The lowest BCUT2D eigenvalue weighted by Gasteiger charge is -2.24. The number of methoxy groups -OCH3 is 1. The predicted octanol–water partition coefficient (Wildman–Crippen LogP) is 0.775. The van der Waals surface area contributed by atoms with Crippen LogP contribution in [0.2, 0.25) is 0 Å². The standard InChI is InChI=1S/C15H20N4O4S/c1-7(2)19(5-9(16)20)6-10-17-13(21)11-8(3)12(15(22)23-4)24-14(11)18-10/h7H,5-6H2,1-4H3,(H2,16,20)(H,17,18,21). The highest BCUT2D eigenvalue weighted by Crippen LogP contribution is 2.27. The average molecular weight is 352 g/mol.